The van der Waals surface area contributed by atoms with Gasteiger partial charge in [-0.2, -0.15) is 0 Å². The highest BCUT2D eigenvalue weighted by molar-refractivity contribution is 5.83. The Balaban J connectivity index is 2.32. The molecule has 0 aliphatic carbocycles. The molecule has 18 heavy (non-hydrogen) atoms. The number of rotatable bonds is 2. The molecule has 3 aromatic rings. The van der Waals surface area contributed by atoms with Crippen LogP contribution < -0.4 is 5.73 Å². The van der Waals surface area contributed by atoms with Gasteiger partial charge in [0.2, 0.25) is 0 Å². The third-order valence-corrected chi connectivity index (χ3v) is 3.28. The fourth-order valence-corrected chi connectivity index (χ4v) is 2.24. The lowest BCUT2D eigenvalue weighted by molar-refractivity contribution is 0.573. The Kier molecular flexibility index (Phi) is 2.45. The lowest BCUT2D eigenvalue weighted by atomic mass is 10.2. The molecule has 0 aliphatic heterocycles. The minimum atomic E-state index is 0.491. The first-order chi connectivity index (χ1) is 8.72. The first kappa shape index (κ1) is 11.0. The summed E-state index contributed by atoms with van der Waals surface area (Å²) in [5, 5.41) is 0. The van der Waals surface area contributed by atoms with Gasteiger partial charge >= 0.3 is 0 Å². The van der Waals surface area contributed by atoms with Crippen LogP contribution in [-0.2, 0) is 13.6 Å². The second-order valence-corrected chi connectivity index (χ2v) is 4.42. The highest BCUT2D eigenvalue weighted by Crippen LogP contribution is 2.28. The van der Waals surface area contributed by atoms with Crippen LogP contribution in [0.2, 0.25) is 0 Å². The Hall–Kier alpha value is -2.07. The molecule has 0 saturated heterocycles. The van der Waals surface area contributed by atoms with E-state index < -0.39 is 0 Å². The number of hydrogen-bond acceptors (Lipinski definition) is 3. The van der Waals surface area contributed by atoms with Gasteiger partial charge in [0.05, 0.1) is 17.3 Å². The van der Waals surface area contributed by atoms with Crippen molar-refractivity contribution in [2.75, 3.05) is 0 Å². The summed E-state index contributed by atoms with van der Waals surface area (Å²) in [5.41, 5.74) is 9.92. The van der Waals surface area contributed by atoms with Gasteiger partial charge < -0.3 is 14.7 Å². The molecule has 4 heteroatoms. The van der Waals surface area contributed by atoms with Crippen LogP contribution in [0.25, 0.3) is 22.6 Å². The smallest absolute Gasteiger partial charge is 0.177 e. The number of aryl methyl sites for hydroxylation is 2. The van der Waals surface area contributed by atoms with E-state index in [4.69, 9.17) is 10.2 Å². The average molecular weight is 241 g/mol. The summed E-state index contributed by atoms with van der Waals surface area (Å²) in [6.07, 6.45) is 1.69. The third kappa shape index (κ3) is 1.46. The third-order valence-electron chi connectivity index (χ3n) is 3.28. The van der Waals surface area contributed by atoms with E-state index in [9.17, 15) is 0 Å². The van der Waals surface area contributed by atoms with Crippen molar-refractivity contribution in [2.24, 2.45) is 12.8 Å². The predicted molar refractivity (Wildman–Crippen MR) is 71.0 cm³/mol. The van der Waals surface area contributed by atoms with Crippen LogP contribution in [0.3, 0.4) is 0 Å². The van der Waals surface area contributed by atoms with Gasteiger partial charge in [0.25, 0.3) is 0 Å². The predicted octanol–water partition coefficient (Wildman–Crippen LogP) is 2.60. The molecule has 0 spiro atoms. The second kappa shape index (κ2) is 3.99. The lowest BCUT2D eigenvalue weighted by Crippen LogP contribution is -1.97. The maximum atomic E-state index is 5.75. The number of fused-ring (bicyclic) bond motifs is 1. The van der Waals surface area contributed by atoms with Crippen LogP contribution in [0.15, 0.2) is 34.9 Å². The van der Waals surface area contributed by atoms with Crippen LogP contribution >= 0.6 is 0 Å². The summed E-state index contributed by atoms with van der Waals surface area (Å²) in [5.74, 6) is 1.66. The quantitative estimate of drug-likeness (QED) is 0.750. The fourth-order valence-electron chi connectivity index (χ4n) is 2.24. The Morgan fingerprint density at radius 1 is 1.33 bits per heavy atom. The van der Waals surface area contributed by atoms with Crippen molar-refractivity contribution < 1.29 is 4.42 Å². The molecule has 2 N–H and O–H groups in total. The number of nitrogens with two attached hydrogens (primary N) is 1. The first-order valence-corrected chi connectivity index (χ1v) is 5.91. The van der Waals surface area contributed by atoms with E-state index in [2.05, 4.69) is 4.98 Å². The number of furan rings is 1. The minimum absolute atomic E-state index is 0.491. The molecule has 2 heterocycles. The summed E-state index contributed by atoms with van der Waals surface area (Å²) in [6.45, 7) is 2.51. The molecule has 0 atom stereocenters. The number of benzene rings is 1. The van der Waals surface area contributed by atoms with E-state index in [0.29, 0.717) is 6.54 Å². The van der Waals surface area contributed by atoms with E-state index in [0.717, 1.165) is 33.7 Å². The van der Waals surface area contributed by atoms with E-state index in [1.54, 1.807) is 6.26 Å². The van der Waals surface area contributed by atoms with Crippen molar-refractivity contribution in [3.63, 3.8) is 0 Å². The second-order valence-electron chi connectivity index (χ2n) is 4.42. The molecular weight excluding hydrogens is 226 g/mol. The molecule has 3 rings (SSSR count). The van der Waals surface area contributed by atoms with Crippen molar-refractivity contribution in [1.29, 1.82) is 0 Å². The average Bonchev–Trinajstić information content (AvgIpc) is 2.93. The maximum absolute atomic E-state index is 5.75. The Morgan fingerprint density at radius 2 is 2.17 bits per heavy atom. The van der Waals surface area contributed by atoms with Gasteiger partial charge in [0, 0.05) is 13.6 Å². The summed E-state index contributed by atoms with van der Waals surface area (Å²) < 4.78 is 7.56. The molecular formula is C14H15N3O. The molecule has 1 aromatic carbocycles. The SMILES string of the molecule is Cc1ccoc1-c1nc2c(CN)cccc2n1C. The summed E-state index contributed by atoms with van der Waals surface area (Å²) in [6, 6.07) is 8.00. The van der Waals surface area contributed by atoms with Crippen molar-refractivity contribution in [1.82, 2.24) is 9.55 Å². The molecule has 0 aliphatic rings. The monoisotopic (exact) mass is 241 g/mol. The van der Waals surface area contributed by atoms with Crippen molar-refractivity contribution in [3.05, 3.63) is 41.7 Å². The van der Waals surface area contributed by atoms with E-state index in [-0.39, 0.29) is 0 Å². The van der Waals surface area contributed by atoms with E-state index in [1.165, 1.54) is 0 Å². The van der Waals surface area contributed by atoms with Gasteiger partial charge in [-0.05, 0) is 30.2 Å². The number of para-hydroxylation sites is 1. The van der Waals surface area contributed by atoms with Crippen LogP contribution in [0.1, 0.15) is 11.1 Å². The summed E-state index contributed by atoms with van der Waals surface area (Å²) >= 11 is 0. The first-order valence-electron chi connectivity index (χ1n) is 5.91. The maximum Gasteiger partial charge on any atom is 0.177 e. The molecule has 2 aromatic heterocycles. The molecule has 0 unspecified atom stereocenters. The van der Waals surface area contributed by atoms with E-state index >= 15 is 0 Å². The molecule has 4 nitrogen and oxygen atoms in total. The molecule has 0 bridgehead atoms. The van der Waals surface area contributed by atoms with Crippen molar-refractivity contribution >= 4 is 11.0 Å². The fraction of sp³-hybridized carbons (Fsp3) is 0.214. The van der Waals surface area contributed by atoms with Crippen LogP contribution in [0.5, 0.6) is 0 Å². The van der Waals surface area contributed by atoms with Gasteiger partial charge in [0.1, 0.15) is 0 Å². The standard InChI is InChI=1S/C14H15N3O/c1-9-6-7-18-13(9)14-16-12-10(8-15)4-3-5-11(12)17(14)2/h3-7H,8,15H2,1-2H3. The molecule has 0 amide bonds. The summed E-state index contributed by atoms with van der Waals surface area (Å²) in [4.78, 5) is 4.68. The zero-order chi connectivity index (χ0) is 12.7. The summed E-state index contributed by atoms with van der Waals surface area (Å²) in [7, 11) is 1.99. The molecule has 0 saturated carbocycles. The van der Waals surface area contributed by atoms with E-state index in [1.807, 2.05) is 42.8 Å². The highest BCUT2D eigenvalue weighted by Gasteiger charge is 2.15. The van der Waals surface area contributed by atoms with Gasteiger partial charge in [-0.15, -0.1) is 0 Å². The number of hydrogen-bond donors (Lipinski definition) is 1. The Morgan fingerprint density at radius 3 is 2.83 bits per heavy atom. The topological polar surface area (TPSA) is 57.0 Å². The van der Waals surface area contributed by atoms with Gasteiger partial charge in [-0.3, -0.25) is 0 Å². The number of imidazole rings is 1. The van der Waals surface area contributed by atoms with Gasteiger partial charge in [-0.25, -0.2) is 4.98 Å². The van der Waals surface area contributed by atoms with Crippen LogP contribution in [0, 0.1) is 6.92 Å². The molecule has 92 valence electrons. The molecule has 0 fully saturated rings. The van der Waals surface area contributed by atoms with Crippen LogP contribution in [-0.4, -0.2) is 9.55 Å². The largest absolute Gasteiger partial charge is 0.461 e. The number of nitrogens with zero attached hydrogens (tertiary/aromatic N) is 2. The van der Waals surface area contributed by atoms with Crippen molar-refractivity contribution in [2.45, 2.75) is 13.5 Å². The van der Waals surface area contributed by atoms with Gasteiger partial charge in [0.15, 0.2) is 11.6 Å². The zero-order valence-electron chi connectivity index (χ0n) is 10.5. The minimum Gasteiger partial charge on any atom is -0.461 e. The normalized spacial score (nSPS) is 11.3. The highest BCUT2D eigenvalue weighted by atomic mass is 16.3. The Labute approximate surface area is 105 Å². The van der Waals surface area contributed by atoms with Crippen LogP contribution in [0.4, 0.5) is 0 Å². The van der Waals surface area contributed by atoms with Gasteiger partial charge in [-0.1, -0.05) is 12.1 Å². The zero-order valence-corrected chi connectivity index (χ0v) is 10.5. The number of aromatic nitrogens is 2. The Bertz CT molecular complexity index is 709. The molecule has 0 radical (unpaired) electrons. The van der Waals surface area contributed by atoms with Crippen molar-refractivity contribution in [3.8, 4) is 11.6 Å². The lowest BCUT2D eigenvalue weighted by Gasteiger charge is -2.00.